The lowest BCUT2D eigenvalue weighted by Gasteiger charge is -2.09. The van der Waals surface area contributed by atoms with Crippen molar-refractivity contribution in [1.82, 2.24) is 0 Å². The zero-order valence-corrected chi connectivity index (χ0v) is 12.3. The number of carboxylic acid groups (broad SMARTS) is 1. The van der Waals surface area contributed by atoms with Crippen molar-refractivity contribution in [2.75, 3.05) is 12.4 Å². The summed E-state index contributed by atoms with van der Waals surface area (Å²) in [4.78, 5) is 11.4. The Morgan fingerprint density at radius 3 is 2.71 bits per heavy atom. The van der Waals surface area contributed by atoms with Gasteiger partial charge in [-0.2, -0.15) is 0 Å². The van der Waals surface area contributed by atoms with Gasteiger partial charge >= 0.3 is 5.97 Å². The fourth-order valence-corrected chi connectivity index (χ4v) is 2.58. The molecule has 2 aromatic carbocycles. The summed E-state index contributed by atoms with van der Waals surface area (Å²) in [5.41, 5.74) is 1.01. The quantitative estimate of drug-likeness (QED) is 0.647. The zero-order valence-electron chi connectivity index (χ0n) is 11.5. The Labute approximate surface area is 126 Å². The van der Waals surface area contributed by atoms with E-state index in [4.69, 9.17) is 9.84 Å². The molecule has 1 N–H and O–H groups in total. The molecule has 0 saturated carbocycles. The molecule has 5 heteroatoms. The normalized spacial score (nSPS) is 10.4. The van der Waals surface area contributed by atoms with Crippen molar-refractivity contribution in [2.45, 2.75) is 11.8 Å². The number of halogens is 1. The second-order valence-corrected chi connectivity index (χ2v) is 5.55. The standard InChI is InChI=1S/C16H15FO3S/c1-11-10-12(16(18)19)6-7-14(11)20-8-9-21-15-5-3-2-4-13(15)17/h2-7,10H,8-9H2,1H3,(H,18,19). The van der Waals surface area contributed by atoms with Gasteiger partial charge in [0.15, 0.2) is 0 Å². The Morgan fingerprint density at radius 1 is 1.29 bits per heavy atom. The summed E-state index contributed by atoms with van der Waals surface area (Å²) < 4.78 is 19.0. The molecular weight excluding hydrogens is 291 g/mol. The average molecular weight is 306 g/mol. The van der Waals surface area contributed by atoms with Gasteiger partial charge in [0.1, 0.15) is 11.6 Å². The topological polar surface area (TPSA) is 46.5 Å². The molecule has 0 saturated heterocycles. The number of benzene rings is 2. The summed E-state index contributed by atoms with van der Waals surface area (Å²) in [5.74, 6) is 0.0690. The number of thioether (sulfide) groups is 1. The summed E-state index contributed by atoms with van der Waals surface area (Å²) in [6, 6.07) is 11.3. The van der Waals surface area contributed by atoms with Gasteiger partial charge in [-0.3, -0.25) is 0 Å². The van der Waals surface area contributed by atoms with Crippen LogP contribution in [0.2, 0.25) is 0 Å². The summed E-state index contributed by atoms with van der Waals surface area (Å²) in [6.45, 7) is 2.22. The smallest absolute Gasteiger partial charge is 0.335 e. The first-order valence-electron chi connectivity index (χ1n) is 6.42. The van der Waals surface area contributed by atoms with Gasteiger partial charge in [-0.25, -0.2) is 9.18 Å². The zero-order chi connectivity index (χ0) is 15.2. The van der Waals surface area contributed by atoms with Crippen LogP contribution in [0.4, 0.5) is 4.39 Å². The molecular formula is C16H15FO3S. The van der Waals surface area contributed by atoms with Crippen LogP contribution in [0.25, 0.3) is 0 Å². The molecule has 0 bridgehead atoms. The third-order valence-electron chi connectivity index (χ3n) is 2.86. The summed E-state index contributed by atoms with van der Waals surface area (Å²) in [6.07, 6.45) is 0. The van der Waals surface area contributed by atoms with Crippen molar-refractivity contribution < 1.29 is 19.0 Å². The maximum absolute atomic E-state index is 13.4. The molecule has 0 fully saturated rings. The van der Waals surface area contributed by atoms with Crippen molar-refractivity contribution in [3.8, 4) is 5.75 Å². The van der Waals surface area contributed by atoms with Crippen LogP contribution in [0.3, 0.4) is 0 Å². The molecule has 3 nitrogen and oxygen atoms in total. The molecule has 0 spiro atoms. The Balaban J connectivity index is 1.87. The molecule has 0 heterocycles. The van der Waals surface area contributed by atoms with Crippen LogP contribution in [0.1, 0.15) is 15.9 Å². The molecule has 110 valence electrons. The van der Waals surface area contributed by atoms with Gasteiger partial charge < -0.3 is 9.84 Å². The highest BCUT2D eigenvalue weighted by atomic mass is 32.2. The Morgan fingerprint density at radius 2 is 2.05 bits per heavy atom. The van der Waals surface area contributed by atoms with Gasteiger partial charge in [0, 0.05) is 10.6 Å². The number of carbonyl (C=O) groups is 1. The largest absolute Gasteiger partial charge is 0.492 e. The summed E-state index contributed by atoms with van der Waals surface area (Å²) in [7, 11) is 0. The van der Waals surface area contributed by atoms with Crippen molar-refractivity contribution in [3.63, 3.8) is 0 Å². The monoisotopic (exact) mass is 306 g/mol. The van der Waals surface area contributed by atoms with Gasteiger partial charge in [0.2, 0.25) is 0 Å². The summed E-state index contributed by atoms with van der Waals surface area (Å²) >= 11 is 1.39. The van der Waals surface area contributed by atoms with Gasteiger partial charge in [-0.05, 0) is 42.8 Å². The number of aryl methyl sites for hydroxylation is 1. The van der Waals surface area contributed by atoms with Crippen molar-refractivity contribution in [1.29, 1.82) is 0 Å². The number of rotatable bonds is 6. The lowest BCUT2D eigenvalue weighted by molar-refractivity contribution is 0.0696. The second kappa shape index (κ2) is 7.13. The van der Waals surface area contributed by atoms with E-state index in [0.717, 1.165) is 5.56 Å². The highest BCUT2D eigenvalue weighted by Gasteiger charge is 2.07. The first-order chi connectivity index (χ1) is 10.1. The molecule has 0 amide bonds. The molecule has 0 aliphatic rings. The van der Waals surface area contributed by atoms with E-state index in [1.807, 2.05) is 0 Å². The van der Waals surface area contributed by atoms with E-state index in [0.29, 0.717) is 23.0 Å². The minimum absolute atomic E-state index is 0.232. The number of carboxylic acids is 1. The lowest BCUT2D eigenvalue weighted by Crippen LogP contribution is -2.03. The molecule has 0 radical (unpaired) electrons. The third kappa shape index (κ3) is 4.23. The number of hydrogen-bond acceptors (Lipinski definition) is 3. The molecule has 0 aromatic heterocycles. The van der Waals surface area contributed by atoms with E-state index < -0.39 is 5.97 Å². The Kier molecular flexibility index (Phi) is 5.22. The number of ether oxygens (including phenoxy) is 1. The predicted molar refractivity (Wildman–Crippen MR) is 80.8 cm³/mol. The van der Waals surface area contributed by atoms with Gasteiger partial charge in [0.05, 0.1) is 12.2 Å². The predicted octanol–water partition coefficient (Wildman–Crippen LogP) is 4.00. The van der Waals surface area contributed by atoms with Crippen molar-refractivity contribution >= 4 is 17.7 Å². The first kappa shape index (κ1) is 15.4. The molecule has 0 aliphatic heterocycles. The lowest BCUT2D eigenvalue weighted by atomic mass is 10.1. The van der Waals surface area contributed by atoms with Crippen molar-refractivity contribution in [3.05, 3.63) is 59.4 Å². The van der Waals surface area contributed by atoms with Gasteiger partial charge in [0.25, 0.3) is 0 Å². The minimum atomic E-state index is -0.959. The van der Waals surface area contributed by atoms with E-state index >= 15 is 0 Å². The van der Waals surface area contributed by atoms with Crippen LogP contribution >= 0.6 is 11.8 Å². The van der Waals surface area contributed by atoms with Crippen LogP contribution in [0.15, 0.2) is 47.4 Å². The van der Waals surface area contributed by atoms with Crippen LogP contribution in [0, 0.1) is 12.7 Å². The highest BCUT2D eigenvalue weighted by Crippen LogP contribution is 2.23. The van der Waals surface area contributed by atoms with E-state index in [1.165, 1.54) is 23.9 Å². The molecule has 2 aromatic rings. The first-order valence-corrected chi connectivity index (χ1v) is 7.40. The second-order valence-electron chi connectivity index (χ2n) is 4.41. The fraction of sp³-hybridized carbons (Fsp3) is 0.188. The number of aromatic carboxylic acids is 1. The molecule has 0 atom stereocenters. The van der Waals surface area contributed by atoms with Gasteiger partial charge in [-0.1, -0.05) is 12.1 Å². The molecule has 2 rings (SSSR count). The number of hydrogen-bond donors (Lipinski definition) is 1. The Hall–Kier alpha value is -2.01. The highest BCUT2D eigenvalue weighted by molar-refractivity contribution is 7.99. The van der Waals surface area contributed by atoms with Crippen LogP contribution in [-0.4, -0.2) is 23.4 Å². The van der Waals surface area contributed by atoms with Crippen molar-refractivity contribution in [2.24, 2.45) is 0 Å². The molecule has 0 unspecified atom stereocenters. The van der Waals surface area contributed by atoms with E-state index in [2.05, 4.69) is 0 Å². The molecule has 0 aliphatic carbocycles. The minimum Gasteiger partial charge on any atom is -0.492 e. The average Bonchev–Trinajstić information content (AvgIpc) is 2.46. The van der Waals surface area contributed by atoms with Crippen LogP contribution < -0.4 is 4.74 Å². The van der Waals surface area contributed by atoms with E-state index in [-0.39, 0.29) is 11.4 Å². The van der Waals surface area contributed by atoms with Crippen LogP contribution in [0.5, 0.6) is 5.75 Å². The maximum atomic E-state index is 13.4. The van der Waals surface area contributed by atoms with Crippen LogP contribution in [-0.2, 0) is 0 Å². The van der Waals surface area contributed by atoms with E-state index in [9.17, 15) is 9.18 Å². The summed E-state index contributed by atoms with van der Waals surface area (Å²) in [5, 5.41) is 8.89. The maximum Gasteiger partial charge on any atom is 0.335 e. The van der Waals surface area contributed by atoms with E-state index in [1.54, 1.807) is 37.3 Å². The van der Waals surface area contributed by atoms with Gasteiger partial charge in [-0.15, -0.1) is 11.8 Å². The molecule has 21 heavy (non-hydrogen) atoms. The third-order valence-corrected chi connectivity index (χ3v) is 3.87. The fourth-order valence-electron chi connectivity index (χ4n) is 1.81. The SMILES string of the molecule is Cc1cc(C(=O)O)ccc1OCCSc1ccccc1F. The Bertz CT molecular complexity index is 643.